The number of carbonyl (C=O) groups is 1. The highest BCUT2D eigenvalue weighted by atomic mass is 16.3. The van der Waals surface area contributed by atoms with E-state index >= 15 is 0 Å². The average Bonchev–Trinajstić information content (AvgIpc) is 3.30. The smallest absolute Gasteiger partial charge is 0.195 e. The van der Waals surface area contributed by atoms with Gasteiger partial charge in [-0.2, -0.15) is 0 Å². The van der Waals surface area contributed by atoms with Crippen molar-refractivity contribution in [1.82, 2.24) is 9.88 Å². The van der Waals surface area contributed by atoms with Crippen LogP contribution >= 0.6 is 0 Å². The van der Waals surface area contributed by atoms with E-state index in [-0.39, 0.29) is 11.8 Å². The van der Waals surface area contributed by atoms with Gasteiger partial charge in [0.2, 0.25) is 0 Å². The molecule has 168 valence electrons. The second-order valence-corrected chi connectivity index (χ2v) is 9.08. The van der Waals surface area contributed by atoms with Crippen molar-refractivity contribution in [2.45, 2.75) is 31.4 Å². The average molecular weight is 439 g/mol. The van der Waals surface area contributed by atoms with E-state index in [0.29, 0.717) is 11.5 Å². The lowest BCUT2D eigenvalue weighted by Crippen LogP contribution is -2.44. The van der Waals surface area contributed by atoms with Crippen LogP contribution in [0.4, 0.5) is 0 Å². The molecule has 0 saturated carbocycles. The number of carbonyl (C=O) groups excluding carboxylic acids is 1. The quantitative estimate of drug-likeness (QED) is 0.380. The van der Waals surface area contributed by atoms with Crippen LogP contribution in [0, 0.1) is 5.92 Å². The minimum atomic E-state index is -1.13. The van der Waals surface area contributed by atoms with Crippen LogP contribution in [-0.4, -0.2) is 40.0 Å². The molecule has 3 aromatic carbocycles. The highest BCUT2D eigenvalue weighted by molar-refractivity contribution is 6.10. The first-order valence-corrected chi connectivity index (χ1v) is 11.8. The summed E-state index contributed by atoms with van der Waals surface area (Å²) in [7, 11) is 0. The summed E-state index contributed by atoms with van der Waals surface area (Å²) in [6.07, 6.45) is 3.81. The van der Waals surface area contributed by atoms with Gasteiger partial charge in [-0.25, -0.2) is 0 Å². The standard InChI is InChI=1S/C29H30N2O2/c32-28(25-20-30-26-14-8-7-13-24(25)26)29(33)27(23-11-5-2-6-12-23)31-17-15-22(16-18-31)19-21-9-3-1-4-10-21/h1-14,20,22,27,29-30,33H,15-19H2/t27-,29+/m1/s1. The van der Waals surface area contributed by atoms with Gasteiger partial charge in [-0.1, -0.05) is 78.9 Å². The molecule has 4 nitrogen and oxygen atoms in total. The molecule has 2 heterocycles. The second kappa shape index (κ2) is 9.74. The topological polar surface area (TPSA) is 56.3 Å². The van der Waals surface area contributed by atoms with Crippen molar-refractivity contribution in [3.8, 4) is 0 Å². The molecule has 0 bridgehead atoms. The summed E-state index contributed by atoms with van der Waals surface area (Å²) in [6.45, 7) is 1.74. The summed E-state index contributed by atoms with van der Waals surface area (Å²) in [5, 5.41) is 12.3. The molecule has 2 N–H and O–H groups in total. The molecule has 33 heavy (non-hydrogen) atoms. The molecule has 1 aliphatic heterocycles. The van der Waals surface area contributed by atoms with Gasteiger partial charge in [-0.15, -0.1) is 0 Å². The van der Waals surface area contributed by atoms with Gasteiger partial charge in [0.1, 0.15) is 6.10 Å². The minimum absolute atomic E-state index is 0.229. The van der Waals surface area contributed by atoms with Crippen LogP contribution in [0.25, 0.3) is 10.9 Å². The number of benzene rings is 3. The van der Waals surface area contributed by atoms with Crippen molar-refractivity contribution in [3.63, 3.8) is 0 Å². The summed E-state index contributed by atoms with van der Waals surface area (Å²) < 4.78 is 0. The van der Waals surface area contributed by atoms with Crippen molar-refractivity contribution < 1.29 is 9.90 Å². The van der Waals surface area contributed by atoms with E-state index in [9.17, 15) is 9.90 Å². The van der Waals surface area contributed by atoms with Crippen LogP contribution in [0.15, 0.2) is 91.1 Å². The number of piperidine rings is 1. The second-order valence-electron chi connectivity index (χ2n) is 9.08. The Balaban J connectivity index is 1.36. The van der Waals surface area contributed by atoms with Crippen molar-refractivity contribution in [1.29, 1.82) is 0 Å². The summed E-state index contributed by atoms with van der Waals surface area (Å²) in [5.41, 5.74) is 3.83. The third-order valence-corrected chi connectivity index (χ3v) is 6.97. The van der Waals surface area contributed by atoms with Gasteiger partial charge < -0.3 is 10.1 Å². The molecular weight excluding hydrogens is 408 g/mol. The number of nitrogens with one attached hydrogen (secondary N) is 1. The molecule has 2 atom stereocenters. The van der Waals surface area contributed by atoms with Gasteiger partial charge in [0, 0.05) is 22.7 Å². The number of hydrogen-bond acceptors (Lipinski definition) is 3. The first-order chi connectivity index (χ1) is 16.2. The largest absolute Gasteiger partial charge is 0.383 e. The number of fused-ring (bicyclic) bond motifs is 1. The fraction of sp³-hybridized carbons (Fsp3) is 0.276. The number of ketones is 1. The van der Waals surface area contributed by atoms with E-state index in [1.165, 1.54) is 5.56 Å². The summed E-state index contributed by atoms with van der Waals surface area (Å²) >= 11 is 0. The van der Waals surface area contributed by atoms with Crippen LogP contribution in [0.1, 0.15) is 40.4 Å². The molecule has 0 radical (unpaired) electrons. The number of aromatic nitrogens is 1. The molecule has 4 aromatic rings. The lowest BCUT2D eigenvalue weighted by Gasteiger charge is -2.39. The molecule has 1 aromatic heterocycles. The fourth-order valence-electron chi connectivity index (χ4n) is 5.20. The zero-order chi connectivity index (χ0) is 22.6. The van der Waals surface area contributed by atoms with Gasteiger partial charge in [0.15, 0.2) is 5.78 Å². The van der Waals surface area contributed by atoms with Gasteiger partial charge in [0.05, 0.1) is 6.04 Å². The number of para-hydroxylation sites is 1. The van der Waals surface area contributed by atoms with Gasteiger partial charge in [-0.3, -0.25) is 9.69 Å². The Morgan fingerprint density at radius 1 is 0.909 bits per heavy atom. The number of H-pyrrole nitrogens is 1. The fourth-order valence-corrected chi connectivity index (χ4v) is 5.20. The van der Waals surface area contributed by atoms with Crippen LogP contribution in [0.3, 0.4) is 0 Å². The van der Waals surface area contributed by atoms with E-state index in [1.807, 2.05) is 54.6 Å². The van der Waals surface area contributed by atoms with E-state index in [0.717, 1.165) is 48.8 Å². The van der Waals surface area contributed by atoms with E-state index < -0.39 is 6.10 Å². The highest BCUT2D eigenvalue weighted by Gasteiger charge is 2.35. The van der Waals surface area contributed by atoms with E-state index in [4.69, 9.17) is 0 Å². The van der Waals surface area contributed by atoms with Gasteiger partial charge in [0.25, 0.3) is 0 Å². The maximum absolute atomic E-state index is 13.5. The Bertz CT molecular complexity index is 1190. The molecule has 4 heteroatoms. The first kappa shape index (κ1) is 21.6. The number of nitrogens with zero attached hydrogens (tertiary/aromatic N) is 1. The number of aliphatic hydroxyl groups is 1. The SMILES string of the molecule is O=C(c1c[nH]c2ccccc12)[C@@H](O)[C@@H](c1ccccc1)N1CCC(Cc2ccccc2)CC1. The first-order valence-electron chi connectivity index (χ1n) is 11.8. The van der Waals surface area contributed by atoms with Gasteiger partial charge >= 0.3 is 0 Å². The Labute approximate surface area is 194 Å². The predicted octanol–water partition coefficient (Wildman–Crippen LogP) is 5.41. The number of likely N-dealkylation sites (tertiary alicyclic amines) is 1. The number of aliphatic hydroxyl groups excluding tert-OH is 1. The Kier molecular flexibility index (Phi) is 6.38. The molecule has 1 aliphatic rings. The monoisotopic (exact) mass is 438 g/mol. The summed E-state index contributed by atoms with van der Waals surface area (Å²) in [4.78, 5) is 19.0. The number of aromatic amines is 1. The molecule has 0 amide bonds. The van der Waals surface area contributed by atoms with Crippen LogP contribution in [0.2, 0.25) is 0 Å². The van der Waals surface area contributed by atoms with E-state index in [2.05, 4.69) is 40.2 Å². The lowest BCUT2D eigenvalue weighted by molar-refractivity contribution is 0.0265. The van der Waals surface area contributed by atoms with Crippen LogP contribution in [-0.2, 0) is 6.42 Å². The van der Waals surface area contributed by atoms with Crippen LogP contribution in [0.5, 0.6) is 0 Å². The molecular formula is C29H30N2O2. The van der Waals surface area contributed by atoms with Crippen LogP contribution < -0.4 is 0 Å². The lowest BCUT2D eigenvalue weighted by atomic mass is 9.87. The zero-order valence-corrected chi connectivity index (χ0v) is 18.7. The maximum atomic E-state index is 13.5. The molecule has 5 rings (SSSR count). The predicted molar refractivity (Wildman–Crippen MR) is 132 cm³/mol. The normalized spacial score (nSPS) is 17.1. The van der Waals surface area contributed by atoms with E-state index in [1.54, 1.807) is 6.20 Å². The molecule has 0 spiro atoms. The zero-order valence-electron chi connectivity index (χ0n) is 18.7. The van der Waals surface area contributed by atoms with Crippen molar-refractivity contribution in [2.24, 2.45) is 5.92 Å². The highest BCUT2D eigenvalue weighted by Crippen LogP contribution is 2.33. The summed E-state index contributed by atoms with van der Waals surface area (Å²) in [5.74, 6) is 0.397. The number of hydrogen-bond donors (Lipinski definition) is 2. The number of rotatable bonds is 7. The van der Waals surface area contributed by atoms with Crippen molar-refractivity contribution >= 4 is 16.7 Å². The Morgan fingerprint density at radius 2 is 1.55 bits per heavy atom. The molecule has 1 fully saturated rings. The number of Topliss-reactive ketones (excluding diaryl/α,β-unsaturated/α-hetero) is 1. The molecule has 1 saturated heterocycles. The maximum Gasteiger partial charge on any atom is 0.195 e. The molecule has 0 unspecified atom stereocenters. The van der Waals surface area contributed by atoms with Crippen molar-refractivity contribution in [2.75, 3.05) is 13.1 Å². The Morgan fingerprint density at radius 3 is 2.27 bits per heavy atom. The van der Waals surface area contributed by atoms with Crippen molar-refractivity contribution in [3.05, 3.63) is 108 Å². The van der Waals surface area contributed by atoms with Gasteiger partial charge in [-0.05, 0) is 55.5 Å². The minimum Gasteiger partial charge on any atom is -0.383 e. The molecule has 0 aliphatic carbocycles. The summed E-state index contributed by atoms with van der Waals surface area (Å²) in [6, 6.07) is 28.0. The third-order valence-electron chi connectivity index (χ3n) is 6.97. The third kappa shape index (κ3) is 4.63. The Hall–Kier alpha value is -3.21.